The van der Waals surface area contributed by atoms with Crippen LogP contribution in [-0.4, -0.2) is 46.4 Å². The lowest BCUT2D eigenvalue weighted by Crippen LogP contribution is -2.41. The van der Waals surface area contributed by atoms with E-state index in [1.165, 1.54) is 7.11 Å². The Labute approximate surface area is 250 Å². The Hall–Kier alpha value is -3.96. The van der Waals surface area contributed by atoms with Crippen molar-refractivity contribution in [3.05, 3.63) is 75.7 Å². The number of H-pyrrole nitrogens is 1. The van der Waals surface area contributed by atoms with Crippen molar-refractivity contribution in [1.29, 1.82) is 0 Å². The van der Waals surface area contributed by atoms with Gasteiger partial charge >= 0.3 is 6.09 Å². The van der Waals surface area contributed by atoms with Crippen molar-refractivity contribution >= 4 is 52.5 Å². The number of likely N-dealkylation sites (tertiary alicyclic amines) is 1. The molecular weight excluding hydrogens is 591 g/mol. The number of hydrogen-bond donors (Lipinski definition) is 3. The van der Waals surface area contributed by atoms with Crippen LogP contribution in [0.4, 0.5) is 25.0 Å². The molecule has 42 heavy (non-hydrogen) atoms. The lowest BCUT2D eigenvalue weighted by Gasteiger charge is -2.36. The first kappa shape index (κ1) is 29.5. The van der Waals surface area contributed by atoms with Crippen LogP contribution < -0.4 is 10.6 Å². The normalized spacial score (nSPS) is 20.0. The summed E-state index contributed by atoms with van der Waals surface area (Å²) in [5, 5.41) is 5.42. The van der Waals surface area contributed by atoms with Gasteiger partial charge in [0.05, 0.1) is 23.9 Å². The van der Waals surface area contributed by atoms with Gasteiger partial charge in [-0.1, -0.05) is 35.4 Å². The zero-order chi connectivity index (χ0) is 30.0. The number of rotatable bonds is 3. The summed E-state index contributed by atoms with van der Waals surface area (Å²) in [5.41, 5.74) is 1.41. The number of methoxy groups -OCH3 is 1. The number of carbonyl (C=O) groups excluding carboxylic acids is 3. The largest absolute Gasteiger partial charge is 0.453 e. The predicted octanol–water partition coefficient (Wildman–Crippen LogP) is 6.97. The Bertz CT molecular complexity index is 1580. The second-order valence-electron chi connectivity index (χ2n) is 10.0. The average molecular weight is 618 g/mol. The molecule has 2 unspecified atom stereocenters. The molecule has 2 atom stereocenters. The van der Waals surface area contributed by atoms with Crippen LogP contribution in [0.5, 0.6) is 0 Å². The lowest BCUT2D eigenvalue weighted by molar-refractivity contribution is -0.136. The number of fused-ring (bicyclic) bond motifs is 4. The number of piperidine rings is 1. The minimum Gasteiger partial charge on any atom is -0.453 e. The highest BCUT2D eigenvalue weighted by atomic mass is 35.5. The van der Waals surface area contributed by atoms with Gasteiger partial charge in [-0.15, -0.1) is 0 Å². The number of aromatic nitrogens is 2. The monoisotopic (exact) mass is 617 g/mol. The minimum absolute atomic E-state index is 0.104. The number of nitrogens with one attached hydrogen (secondary N) is 3. The molecule has 9 nitrogen and oxygen atoms in total. The van der Waals surface area contributed by atoms with Gasteiger partial charge in [-0.25, -0.2) is 18.6 Å². The second-order valence-corrected chi connectivity index (χ2v) is 10.8. The van der Waals surface area contributed by atoms with E-state index in [-0.39, 0.29) is 46.9 Å². The second kappa shape index (κ2) is 12.5. The Balaban J connectivity index is 1.48. The molecule has 1 fully saturated rings. The fourth-order valence-corrected chi connectivity index (χ4v) is 5.71. The molecule has 0 radical (unpaired) electrons. The highest BCUT2D eigenvalue weighted by Crippen LogP contribution is 2.40. The van der Waals surface area contributed by atoms with Gasteiger partial charge in [-0.05, 0) is 49.6 Å². The molecule has 3 amide bonds. The zero-order valence-electron chi connectivity index (χ0n) is 22.5. The highest BCUT2D eigenvalue weighted by molar-refractivity contribution is 6.32. The van der Waals surface area contributed by atoms with E-state index in [1.54, 1.807) is 23.1 Å². The number of anilines is 2. The van der Waals surface area contributed by atoms with Crippen molar-refractivity contribution < 1.29 is 27.9 Å². The van der Waals surface area contributed by atoms with Crippen LogP contribution in [0.25, 0.3) is 11.3 Å². The Morgan fingerprint density at radius 2 is 1.98 bits per heavy atom. The zero-order valence-corrected chi connectivity index (χ0v) is 24.0. The van der Waals surface area contributed by atoms with E-state index in [9.17, 15) is 23.2 Å². The molecule has 1 aromatic heterocycles. The standard InChI is InChI=1S/C29H27Cl2F2N5O4/c1-42-29(41)34-16-7-8-17-20(14-16)35-22(39)6-4-2-3-5-21(28-36-26(17)27(31)37-28)38-12-11-15(13-23(38)40)24-19(32)10-9-18(30)25(24)33/h2-3,7-10,14-15,21H,4-6,11-13H2,1H3,(H,34,41)(H,35,39)(H,36,37)/b3-2+. The smallest absolute Gasteiger partial charge is 0.411 e. The fourth-order valence-electron chi connectivity index (χ4n) is 5.31. The quantitative estimate of drug-likeness (QED) is 0.217. The van der Waals surface area contributed by atoms with E-state index in [2.05, 4.69) is 20.4 Å². The van der Waals surface area contributed by atoms with Crippen molar-refractivity contribution in [2.75, 3.05) is 24.3 Å². The molecule has 1 saturated heterocycles. The van der Waals surface area contributed by atoms with Crippen LogP contribution in [0.2, 0.25) is 10.2 Å². The van der Waals surface area contributed by atoms with E-state index in [4.69, 9.17) is 28.2 Å². The first-order chi connectivity index (χ1) is 20.2. The van der Waals surface area contributed by atoms with Crippen molar-refractivity contribution in [3.63, 3.8) is 0 Å². The molecule has 5 rings (SSSR count). The van der Waals surface area contributed by atoms with Gasteiger partial charge in [-0.2, -0.15) is 0 Å². The first-order valence-electron chi connectivity index (χ1n) is 13.3. The molecule has 2 aromatic carbocycles. The summed E-state index contributed by atoms with van der Waals surface area (Å²) in [5.74, 6) is -2.37. The van der Waals surface area contributed by atoms with Crippen molar-refractivity contribution in [2.24, 2.45) is 0 Å². The number of halogens is 4. The highest BCUT2D eigenvalue weighted by Gasteiger charge is 2.36. The minimum atomic E-state index is -0.845. The van der Waals surface area contributed by atoms with Crippen LogP contribution in [0.15, 0.2) is 42.5 Å². The van der Waals surface area contributed by atoms with Crippen molar-refractivity contribution in [2.45, 2.75) is 44.1 Å². The van der Waals surface area contributed by atoms with E-state index < -0.39 is 29.7 Å². The number of ether oxygens (including phenoxy) is 1. The summed E-state index contributed by atoms with van der Waals surface area (Å²) in [6.45, 7) is 0.222. The summed E-state index contributed by atoms with van der Waals surface area (Å²) in [6.07, 6.45) is 4.26. The number of allylic oxidation sites excluding steroid dienone is 1. The number of amides is 3. The molecule has 2 aliphatic heterocycles. The molecule has 2 aliphatic rings. The maximum Gasteiger partial charge on any atom is 0.411 e. The lowest BCUT2D eigenvalue weighted by atomic mass is 9.87. The summed E-state index contributed by atoms with van der Waals surface area (Å²) in [6, 6.07) is 6.56. The molecule has 2 bridgehead atoms. The molecule has 3 N–H and O–H groups in total. The number of nitrogens with zero attached hydrogens (tertiary/aromatic N) is 2. The molecule has 0 aliphatic carbocycles. The topological polar surface area (TPSA) is 116 Å². The molecule has 3 aromatic rings. The third kappa shape index (κ3) is 6.12. The third-order valence-corrected chi connectivity index (χ3v) is 7.93. The SMILES string of the molecule is COC(=O)Nc1ccc2c(c1)NC(=O)CC/C=C/CC(N1CCC(c3c(F)ccc(Cl)c3F)CC1=O)c1nc-2c(Cl)[nH]1. The maximum atomic E-state index is 14.7. The third-order valence-electron chi connectivity index (χ3n) is 7.36. The molecule has 13 heteroatoms. The van der Waals surface area contributed by atoms with Crippen LogP contribution in [0.1, 0.15) is 55.5 Å². The van der Waals surface area contributed by atoms with Gasteiger partial charge in [0.25, 0.3) is 0 Å². The van der Waals surface area contributed by atoms with Gasteiger partial charge in [-0.3, -0.25) is 14.9 Å². The van der Waals surface area contributed by atoms with Crippen LogP contribution in [-0.2, 0) is 14.3 Å². The van der Waals surface area contributed by atoms with Crippen LogP contribution in [0, 0.1) is 11.6 Å². The number of hydrogen-bond acceptors (Lipinski definition) is 5. The predicted molar refractivity (Wildman–Crippen MR) is 154 cm³/mol. The molecule has 220 valence electrons. The molecular formula is C29H27Cl2F2N5O4. The molecule has 0 spiro atoms. The van der Waals surface area contributed by atoms with E-state index >= 15 is 0 Å². The van der Waals surface area contributed by atoms with E-state index in [0.29, 0.717) is 47.7 Å². The van der Waals surface area contributed by atoms with Crippen LogP contribution in [0.3, 0.4) is 0 Å². The molecule has 0 saturated carbocycles. The first-order valence-corrected chi connectivity index (χ1v) is 14.0. The van der Waals surface area contributed by atoms with Gasteiger partial charge in [0, 0.05) is 42.1 Å². The van der Waals surface area contributed by atoms with Crippen molar-refractivity contribution in [1.82, 2.24) is 14.9 Å². The summed E-state index contributed by atoms with van der Waals surface area (Å²) < 4.78 is 33.9. The van der Waals surface area contributed by atoms with E-state index in [0.717, 1.165) is 12.1 Å². The Kier molecular flexibility index (Phi) is 8.79. The summed E-state index contributed by atoms with van der Waals surface area (Å²) in [4.78, 5) is 47.4. The summed E-state index contributed by atoms with van der Waals surface area (Å²) in [7, 11) is 1.24. The Morgan fingerprint density at radius 1 is 1.17 bits per heavy atom. The Morgan fingerprint density at radius 3 is 2.74 bits per heavy atom. The van der Waals surface area contributed by atoms with E-state index in [1.807, 2.05) is 12.2 Å². The number of imidazole rings is 1. The van der Waals surface area contributed by atoms with Gasteiger partial charge < -0.3 is 19.9 Å². The number of benzene rings is 2. The van der Waals surface area contributed by atoms with Gasteiger partial charge in [0.2, 0.25) is 11.8 Å². The fraction of sp³-hybridized carbons (Fsp3) is 0.310. The number of carbonyl (C=O) groups is 3. The molecule has 3 heterocycles. The maximum absolute atomic E-state index is 14.7. The van der Waals surface area contributed by atoms with Gasteiger partial charge in [0.15, 0.2) is 0 Å². The van der Waals surface area contributed by atoms with Gasteiger partial charge in [0.1, 0.15) is 28.3 Å². The summed E-state index contributed by atoms with van der Waals surface area (Å²) >= 11 is 12.5. The number of aromatic amines is 1. The van der Waals surface area contributed by atoms with Crippen LogP contribution >= 0.6 is 23.2 Å². The average Bonchev–Trinajstić information content (AvgIpc) is 3.34. The van der Waals surface area contributed by atoms with Crippen molar-refractivity contribution in [3.8, 4) is 11.3 Å².